The van der Waals surface area contributed by atoms with Crippen LogP contribution >= 0.6 is 11.6 Å². The van der Waals surface area contributed by atoms with Crippen LogP contribution in [0.15, 0.2) is 76.4 Å². The predicted molar refractivity (Wildman–Crippen MR) is 109 cm³/mol. The van der Waals surface area contributed by atoms with Crippen LogP contribution in [0.4, 0.5) is 0 Å². The van der Waals surface area contributed by atoms with Crippen LogP contribution in [0, 0.1) is 0 Å². The first-order chi connectivity index (χ1) is 13.6. The van der Waals surface area contributed by atoms with Gasteiger partial charge in [-0.15, -0.1) is 0 Å². The van der Waals surface area contributed by atoms with Gasteiger partial charge < -0.3 is 13.7 Å². The van der Waals surface area contributed by atoms with Gasteiger partial charge in [0, 0.05) is 22.3 Å². The Morgan fingerprint density at radius 2 is 2.00 bits per heavy atom. The van der Waals surface area contributed by atoms with Crippen molar-refractivity contribution < 1.29 is 13.9 Å². The van der Waals surface area contributed by atoms with Gasteiger partial charge in [-0.1, -0.05) is 11.6 Å². The van der Waals surface area contributed by atoms with E-state index >= 15 is 0 Å². The fraction of sp³-hybridized carbons (Fsp3) is 0.0476. The zero-order valence-corrected chi connectivity index (χ0v) is 15.7. The van der Waals surface area contributed by atoms with Gasteiger partial charge in [0.2, 0.25) is 0 Å². The largest absolute Gasteiger partial charge is 0.497 e. The maximum atomic E-state index is 12.3. The number of carbonyl (C=O) groups is 1. The van der Waals surface area contributed by atoms with Gasteiger partial charge in [0.05, 0.1) is 19.0 Å². The minimum atomic E-state index is -0.439. The Hall–Kier alpha value is -3.51. The smallest absolute Gasteiger partial charge is 0.307 e. The van der Waals surface area contributed by atoms with Gasteiger partial charge in [-0.2, -0.15) is 5.10 Å². The number of fused-ring (bicyclic) bond motifs is 1. The maximum Gasteiger partial charge on any atom is 0.307 e. The minimum Gasteiger partial charge on any atom is -0.497 e. The minimum absolute atomic E-state index is 0.167. The molecular weight excluding hydrogens is 378 g/mol. The molecule has 1 N–H and O–H groups in total. The number of amides is 1. The van der Waals surface area contributed by atoms with Crippen molar-refractivity contribution in [2.24, 2.45) is 5.10 Å². The van der Waals surface area contributed by atoms with Crippen molar-refractivity contribution in [1.29, 1.82) is 0 Å². The molecule has 0 unspecified atom stereocenters. The molecule has 0 saturated carbocycles. The van der Waals surface area contributed by atoms with Crippen LogP contribution in [0.25, 0.3) is 16.7 Å². The third-order valence-electron chi connectivity index (χ3n) is 4.20. The molecule has 0 radical (unpaired) electrons. The molecule has 2 heterocycles. The van der Waals surface area contributed by atoms with Crippen LogP contribution < -0.4 is 10.2 Å². The maximum absolute atomic E-state index is 12.3. The zero-order valence-electron chi connectivity index (χ0n) is 14.9. The summed E-state index contributed by atoms with van der Waals surface area (Å²) in [5, 5.41) is 5.38. The summed E-state index contributed by atoms with van der Waals surface area (Å²) in [7, 11) is 1.63. The number of rotatable bonds is 5. The molecule has 0 atom stereocenters. The Balaban J connectivity index is 1.48. The van der Waals surface area contributed by atoms with Crippen LogP contribution in [-0.4, -0.2) is 23.8 Å². The van der Waals surface area contributed by atoms with Crippen LogP contribution in [0.2, 0.25) is 5.02 Å². The van der Waals surface area contributed by atoms with Gasteiger partial charge >= 0.3 is 5.91 Å². The fourth-order valence-corrected chi connectivity index (χ4v) is 3.00. The van der Waals surface area contributed by atoms with Crippen LogP contribution in [0.1, 0.15) is 16.2 Å². The second kappa shape index (κ2) is 7.62. The van der Waals surface area contributed by atoms with Gasteiger partial charge in [0.25, 0.3) is 0 Å². The predicted octanol–water partition coefficient (Wildman–Crippen LogP) is 4.65. The number of carbonyl (C=O) groups excluding carboxylic acids is 1. The number of aromatic nitrogens is 1. The molecule has 6 nitrogen and oxygen atoms in total. The highest BCUT2D eigenvalue weighted by Crippen LogP contribution is 2.23. The standard InChI is InChI=1S/C21H16ClN3O3/c1-27-18-7-5-16(6-8-18)25-10-2-3-17(25)13-23-24-21(26)20-12-14-11-15(22)4-9-19(14)28-20/h2-13H,1H3,(H,24,26)/b23-13-. The van der Waals surface area contributed by atoms with E-state index in [1.165, 1.54) is 0 Å². The number of halogens is 1. The number of nitrogens with zero attached hydrogens (tertiary/aromatic N) is 2. The van der Waals surface area contributed by atoms with E-state index in [2.05, 4.69) is 10.5 Å². The van der Waals surface area contributed by atoms with Crippen molar-refractivity contribution in [3.8, 4) is 11.4 Å². The molecule has 0 aliphatic carbocycles. The van der Waals surface area contributed by atoms with Crippen molar-refractivity contribution in [3.05, 3.63) is 83.3 Å². The molecule has 140 valence electrons. The van der Waals surface area contributed by atoms with E-state index in [1.807, 2.05) is 47.2 Å². The normalized spacial score (nSPS) is 11.2. The van der Waals surface area contributed by atoms with E-state index in [4.69, 9.17) is 20.8 Å². The van der Waals surface area contributed by atoms with Crippen LogP contribution in [-0.2, 0) is 0 Å². The molecule has 0 spiro atoms. The first-order valence-corrected chi connectivity index (χ1v) is 8.86. The summed E-state index contributed by atoms with van der Waals surface area (Å²) in [5.74, 6) is 0.511. The molecule has 4 rings (SSSR count). The lowest BCUT2D eigenvalue weighted by Gasteiger charge is -2.07. The molecule has 2 aromatic heterocycles. The quantitative estimate of drug-likeness (QED) is 0.396. The molecule has 4 aromatic rings. The summed E-state index contributed by atoms with van der Waals surface area (Å²) >= 11 is 5.96. The lowest BCUT2D eigenvalue weighted by atomic mass is 10.2. The van der Waals surface area contributed by atoms with Crippen LogP contribution in [0.3, 0.4) is 0 Å². The van der Waals surface area contributed by atoms with Gasteiger partial charge in [-0.05, 0) is 60.7 Å². The van der Waals surface area contributed by atoms with Gasteiger partial charge in [0.1, 0.15) is 11.3 Å². The molecule has 0 aliphatic heterocycles. The number of benzene rings is 2. The molecule has 7 heteroatoms. The third kappa shape index (κ3) is 3.63. The number of hydrogen-bond acceptors (Lipinski definition) is 4. The van der Waals surface area contributed by atoms with E-state index in [1.54, 1.807) is 37.6 Å². The van der Waals surface area contributed by atoms with Crippen molar-refractivity contribution in [1.82, 2.24) is 9.99 Å². The number of hydrogen-bond donors (Lipinski definition) is 1. The van der Waals surface area contributed by atoms with E-state index in [0.29, 0.717) is 10.6 Å². The molecule has 1 amide bonds. The number of ether oxygens (including phenoxy) is 1. The van der Waals surface area contributed by atoms with Gasteiger partial charge in [0.15, 0.2) is 5.76 Å². The number of furan rings is 1. The third-order valence-corrected chi connectivity index (χ3v) is 4.43. The van der Waals surface area contributed by atoms with Crippen molar-refractivity contribution in [3.63, 3.8) is 0 Å². The SMILES string of the molecule is COc1ccc(-n2cccc2/C=N\NC(=O)c2cc3cc(Cl)ccc3o2)cc1. The topological polar surface area (TPSA) is 68.8 Å². The Kier molecular flexibility index (Phi) is 4.87. The van der Waals surface area contributed by atoms with Crippen molar-refractivity contribution in [2.75, 3.05) is 7.11 Å². The molecule has 0 fully saturated rings. The second-order valence-electron chi connectivity index (χ2n) is 5.99. The van der Waals surface area contributed by atoms with Crippen LogP contribution in [0.5, 0.6) is 5.75 Å². The van der Waals surface area contributed by atoms with E-state index < -0.39 is 5.91 Å². The molecule has 0 aliphatic rings. The lowest BCUT2D eigenvalue weighted by molar-refractivity contribution is 0.0929. The number of nitrogens with one attached hydrogen (secondary N) is 1. The number of hydrazone groups is 1. The average molecular weight is 394 g/mol. The highest BCUT2D eigenvalue weighted by atomic mass is 35.5. The summed E-state index contributed by atoms with van der Waals surface area (Å²) in [6.07, 6.45) is 3.48. The monoisotopic (exact) mass is 393 g/mol. The van der Waals surface area contributed by atoms with Crippen molar-refractivity contribution >= 4 is 34.7 Å². The summed E-state index contributed by atoms with van der Waals surface area (Å²) in [5.41, 5.74) is 4.83. The Bertz CT molecular complexity index is 1160. The lowest BCUT2D eigenvalue weighted by Crippen LogP contribution is -2.17. The summed E-state index contributed by atoms with van der Waals surface area (Å²) < 4.78 is 12.6. The second-order valence-corrected chi connectivity index (χ2v) is 6.43. The Morgan fingerprint density at radius 1 is 1.18 bits per heavy atom. The molecule has 28 heavy (non-hydrogen) atoms. The Labute approximate surface area is 166 Å². The summed E-state index contributed by atoms with van der Waals surface area (Å²) in [6.45, 7) is 0. The van der Waals surface area contributed by atoms with E-state index in [0.717, 1.165) is 22.5 Å². The first-order valence-electron chi connectivity index (χ1n) is 8.48. The van der Waals surface area contributed by atoms with E-state index in [-0.39, 0.29) is 5.76 Å². The molecular formula is C21H16ClN3O3. The highest BCUT2D eigenvalue weighted by molar-refractivity contribution is 6.31. The molecule has 2 aromatic carbocycles. The summed E-state index contributed by atoms with van der Waals surface area (Å²) in [4.78, 5) is 12.3. The van der Waals surface area contributed by atoms with Gasteiger partial charge in [-0.3, -0.25) is 4.79 Å². The Morgan fingerprint density at radius 3 is 2.79 bits per heavy atom. The fourth-order valence-electron chi connectivity index (χ4n) is 2.82. The highest BCUT2D eigenvalue weighted by Gasteiger charge is 2.12. The molecule has 0 bridgehead atoms. The molecule has 0 saturated heterocycles. The zero-order chi connectivity index (χ0) is 19.5. The van der Waals surface area contributed by atoms with Gasteiger partial charge in [-0.25, -0.2) is 5.43 Å². The van der Waals surface area contributed by atoms with E-state index in [9.17, 15) is 4.79 Å². The van der Waals surface area contributed by atoms with Crippen molar-refractivity contribution in [2.45, 2.75) is 0 Å². The average Bonchev–Trinajstić information content (AvgIpc) is 3.34. The number of methoxy groups -OCH3 is 1. The first kappa shape index (κ1) is 17.9. The summed E-state index contributed by atoms with van der Waals surface area (Å²) in [6, 6.07) is 18.2.